The van der Waals surface area contributed by atoms with Crippen LogP contribution in [-0.4, -0.2) is 36.6 Å². The van der Waals surface area contributed by atoms with Gasteiger partial charge in [-0.3, -0.25) is 9.59 Å². The zero-order valence-electron chi connectivity index (χ0n) is 17.0. The molecule has 1 heterocycles. The molecule has 0 fully saturated rings. The molecule has 0 bridgehead atoms. The molecule has 0 aliphatic carbocycles. The quantitative estimate of drug-likeness (QED) is 0.439. The number of fused-ring (bicyclic) bond motifs is 1. The van der Waals surface area contributed by atoms with Crippen LogP contribution in [-0.2, 0) is 9.53 Å². The molecule has 1 amide bonds. The average Bonchev–Trinajstić information content (AvgIpc) is 2.82. The van der Waals surface area contributed by atoms with Gasteiger partial charge in [0.15, 0.2) is 12.4 Å². The minimum atomic E-state index is -0.691. The molecule has 0 saturated heterocycles. The van der Waals surface area contributed by atoms with Gasteiger partial charge in [0, 0.05) is 28.3 Å². The van der Waals surface area contributed by atoms with Crippen molar-refractivity contribution in [2.75, 3.05) is 23.8 Å². The molecule has 3 aromatic carbocycles. The van der Waals surface area contributed by atoms with E-state index in [-0.39, 0.29) is 29.4 Å². The summed E-state index contributed by atoms with van der Waals surface area (Å²) in [5.41, 5.74) is 2.76. The molecule has 0 radical (unpaired) electrons. The number of benzene rings is 3. The van der Waals surface area contributed by atoms with Crippen molar-refractivity contribution in [3.05, 3.63) is 95.1 Å². The Morgan fingerprint density at radius 1 is 0.903 bits per heavy atom. The van der Waals surface area contributed by atoms with Gasteiger partial charge in [0.05, 0.1) is 11.3 Å². The van der Waals surface area contributed by atoms with Gasteiger partial charge < -0.3 is 9.64 Å². The predicted octanol–water partition coefficient (Wildman–Crippen LogP) is 4.52. The number of amides is 1. The SMILES string of the molecule is Cc1ccc(C(=O)c2ccccc2C(=O)OCC(=O)N2CCSc3ccccc32)cc1. The molecule has 0 aromatic heterocycles. The number of nitrogens with zero attached hydrogens (tertiary/aromatic N) is 1. The van der Waals surface area contributed by atoms with Gasteiger partial charge in [-0.05, 0) is 25.1 Å². The van der Waals surface area contributed by atoms with E-state index >= 15 is 0 Å². The zero-order valence-corrected chi connectivity index (χ0v) is 17.9. The Hall–Kier alpha value is -3.38. The highest BCUT2D eigenvalue weighted by Crippen LogP contribution is 2.34. The van der Waals surface area contributed by atoms with E-state index in [4.69, 9.17) is 4.74 Å². The van der Waals surface area contributed by atoms with E-state index in [0.29, 0.717) is 12.1 Å². The summed E-state index contributed by atoms with van der Waals surface area (Å²) in [5.74, 6) is -0.460. The first kappa shape index (κ1) is 20.9. The number of anilines is 1. The first-order valence-corrected chi connectivity index (χ1v) is 10.9. The summed E-state index contributed by atoms with van der Waals surface area (Å²) in [4.78, 5) is 41.1. The number of thioether (sulfide) groups is 1. The van der Waals surface area contributed by atoms with Gasteiger partial charge in [0.1, 0.15) is 0 Å². The van der Waals surface area contributed by atoms with Crippen LogP contribution in [0.1, 0.15) is 31.8 Å². The molecular formula is C25H21NO4S. The molecule has 31 heavy (non-hydrogen) atoms. The number of para-hydroxylation sites is 1. The van der Waals surface area contributed by atoms with E-state index in [1.54, 1.807) is 53.1 Å². The van der Waals surface area contributed by atoms with E-state index in [2.05, 4.69) is 0 Å². The Balaban J connectivity index is 1.48. The average molecular weight is 432 g/mol. The first-order chi connectivity index (χ1) is 15.0. The third-order valence-electron chi connectivity index (χ3n) is 5.06. The molecule has 1 aliphatic rings. The number of carbonyl (C=O) groups excluding carboxylic acids is 3. The minimum absolute atomic E-state index is 0.149. The monoisotopic (exact) mass is 431 g/mol. The molecule has 0 saturated carbocycles. The molecule has 0 N–H and O–H groups in total. The number of ketones is 1. The Morgan fingerprint density at radius 2 is 1.58 bits per heavy atom. The molecule has 5 nitrogen and oxygen atoms in total. The lowest BCUT2D eigenvalue weighted by Gasteiger charge is -2.28. The molecule has 3 aromatic rings. The minimum Gasteiger partial charge on any atom is -0.452 e. The maximum atomic E-state index is 12.9. The number of hydrogen-bond acceptors (Lipinski definition) is 5. The molecule has 156 valence electrons. The Labute approximate surface area is 185 Å². The number of rotatable bonds is 5. The van der Waals surface area contributed by atoms with Crippen LogP contribution in [0.3, 0.4) is 0 Å². The van der Waals surface area contributed by atoms with Gasteiger partial charge in [0.2, 0.25) is 0 Å². The summed E-state index contributed by atoms with van der Waals surface area (Å²) in [7, 11) is 0. The number of esters is 1. The Morgan fingerprint density at radius 3 is 2.35 bits per heavy atom. The summed E-state index contributed by atoms with van der Waals surface area (Å²) < 4.78 is 5.31. The van der Waals surface area contributed by atoms with Crippen LogP contribution in [0.15, 0.2) is 77.7 Å². The van der Waals surface area contributed by atoms with Crippen molar-refractivity contribution in [1.82, 2.24) is 0 Å². The lowest BCUT2D eigenvalue weighted by Crippen LogP contribution is -2.38. The highest BCUT2D eigenvalue weighted by atomic mass is 32.2. The topological polar surface area (TPSA) is 63.7 Å². The fourth-order valence-corrected chi connectivity index (χ4v) is 4.43. The largest absolute Gasteiger partial charge is 0.452 e. The lowest BCUT2D eigenvalue weighted by atomic mass is 9.98. The maximum absolute atomic E-state index is 12.9. The fraction of sp³-hybridized carbons (Fsp3) is 0.160. The van der Waals surface area contributed by atoms with E-state index in [9.17, 15) is 14.4 Å². The van der Waals surface area contributed by atoms with Crippen molar-refractivity contribution >= 4 is 35.1 Å². The number of ether oxygens (including phenoxy) is 1. The number of carbonyl (C=O) groups is 3. The first-order valence-electron chi connectivity index (χ1n) is 9.94. The second kappa shape index (κ2) is 9.18. The van der Waals surface area contributed by atoms with Crippen molar-refractivity contribution in [2.24, 2.45) is 0 Å². The van der Waals surface area contributed by atoms with Crippen LogP contribution in [0, 0.1) is 6.92 Å². The molecule has 4 rings (SSSR count). The van der Waals surface area contributed by atoms with Crippen LogP contribution in [0.4, 0.5) is 5.69 Å². The molecule has 0 atom stereocenters. The predicted molar refractivity (Wildman–Crippen MR) is 121 cm³/mol. The van der Waals surface area contributed by atoms with Crippen molar-refractivity contribution in [1.29, 1.82) is 0 Å². The van der Waals surface area contributed by atoms with E-state index in [1.165, 1.54) is 0 Å². The summed E-state index contributed by atoms with van der Waals surface area (Å²) in [6, 6.07) is 21.3. The third-order valence-corrected chi connectivity index (χ3v) is 6.10. The van der Waals surface area contributed by atoms with Gasteiger partial charge in [-0.2, -0.15) is 0 Å². The van der Waals surface area contributed by atoms with Gasteiger partial charge in [0.25, 0.3) is 5.91 Å². The Kier molecular flexibility index (Phi) is 6.18. The smallest absolute Gasteiger partial charge is 0.339 e. The normalized spacial score (nSPS) is 12.7. The van der Waals surface area contributed by atoms with E-state index in [1.807, 2.05) is 43.3 Å². The van der Waals surface area contributed by atoms with Crippen LogP contribution in [0.25, 0.3) is 0 Å². The second-order valence-corrected chi connectivity index (χ2v) is 8.32. The van der Waals surface area contributed by atoms with Crippen molar-refractivity contribution in [2.45, 2.75) is 11.8 Å². The summed E-state index contributed by atoms with van der Waals surface area (Å²) in [6.07, 6.45) is 0. The van der Waals surface area contributed by atoms with Crippen molar-refractivity contribution < 1.29 is 19.1 Å². The third kappa shape index (κ3) is 4.54. The van der Waals surface area contributed by atoms with E-state index < -0.39 is 5.97 Å². The van der Waals surface area contributed by atoms with Crippen LogP contribution in [0.5, 0.6) is 0 Å². The maximum Gasteiger partial charge on any atom is 0.339 e. The highest BCUT2D eigenvalue weighted by molar-refractivity contribution is 7.99. The fourth-order valence-electron chi connectivity index (χ4n) is 3.43. The molecule has 0 unspecified atom stereocenters. The van der Waals surface area contributed by atoms with Gasteiger partial charge in [-0.1, -0.05) is 60.2 Å². The van der Waals surface area contributed by atoms with E-state index in [0.717, 1.165) is 21.9 Å². The molecule has 6 heteroatoms. The van der Waals surface area contributed by atoms with Crippen molar-refractivity contribution in [3.63, 3.8) is 0 Å². The van der Waals surface area contributed by atoms with Crippen molar-refractivity contribution in [3.8, 4) is 0 Å². The van der Waals surface area contributed by atoms with Crippen LogP contribution < -0.4 is 4.90 Å². The number of hydrogen-bond donors (Lipinski definition) is 0. The Bertz CT molecular complexity index is 1140. The molecular weight excluding hydrogens is 410 g/mol. The van der Waals surface area contributed by atoms with Gasteiger partial charge in [-0.25, -0.2) is 4.79 Å². The second-order valence-electron chi connectivity index (χ2n) is 7.18. The standard InChI is InChI=1S/C25H21NO4S/c1-17-10-12-18(13-11-17)24(28)19-6-2-3-7-20(19)25(29)30-16-23(27)26-14-15-31-22-9-5-4-8-21(22)26/h2-13H,14-16H2,1H3. The molecule has 0 spiro atoms. The van der Waals surface area contributed by atoms with Gasteiger partial charge >= 0.3 is 5.97 Å². The summed E-state index contributed by atoms with van der Waals surface area (Å²) in [5, 5.41) is 0. The van der Waals surface area contributed by atoms with Crippen LogP contribution >= 0.6 is 11.8 Å². The van der Waals surface area contributed by atoms with Gasteiger partial charge in [-0.15, -0.1) is 11.8 Å². The number of aryl methyl sites for hydroxylation is 1. The zero-order chi connectivity index (χ0) is 21.8. The molecule has 1 aliphatic heterocycles. The summed E-state index contributed by atoms with van der Waals surface area (Å²) >= 11 is 1.70. The lowest BCUT2D eigenvalue weighted by molar-refractivity contribution is -0.121. The van der Waals surface area contributed by atoms with Crippen LogP contribution in [0.2, 0.25) is 0 Å². The highest BCUT2D eigenvalue weighted by Gasteiger charge is 2.25. The summed E-state index contributed by atoms with van der Waals surface area (Å²) in [6.45, 7) is 2.11.